The van der Waals surface area contributed by atoms with Gasteiger partial charge in [0.25, 0.3) is 0 Å². The highest BCUT2D eigenvalue weighted by molar-refractivity contribution is 9.10. The van der Waals surface area contributed by atoms with E-state index in [-0.39, 0.29) is 16.9 Å². The molecule has 20 heavy (non-hydrogen) atoms. The first-order chi connectivity index (χ1) is 8.43. The molecule has 0 fully saturated rings. The zero-order valence-corrected chi connectivity index (χ0v) is 11.9. The molecule has 0 spiro atoms. The van der Waals surface area contributed by atoms with Crippen LogP contribution in [0.5, 0.6) is 0 Å². The van der Waals surface area contributed by atoms with Crippen LogP contribution >= 0.6 is 28.3 Å². The van der Waals surface area contributed by atoms with Crippen molar-refractivity contribution < 1.29 is 31.4 Å². The average molecular weight is 389 g/mol. The van der Waals surface area contributed by atoms with Crippen LogP contribution in [0.25, 0.3) is 0 Å². The van der Waals surface area contributed by atoms with Gasteiger partial charge in [-0.2, -0.15) is 26.3 Å². The number of hydrogen-bond donors (Lipinski definition) is 2. The molecular formula is C10H9BrClF6NO. The first-order valence-electron chi connectivity index (χ1n) is 4.81. The average Bonchev–Trinajstić information content (AvgIpc) is 2.23. The normalized spacial score (nSPS) is 15.4. The van der Waals surface area contributed by atoms with Gasteiger partial charge in [-0.05, 0) is 23.8 Å². The first kappa shape index (κ1) is 19.5. The Bertz CT molecular complexity index is 464. The molecule has 1 rings (SSSR count). The van der Waals surface area contributed by atoms with E-state index in [4.69, 9.17) is 10.8 Å². The van der Waals surface area contributed by atoms with Gasteiger partial charge in [0.05, 0.1) is 11.6 Å². The second-order valence-corrected chi connectivity index (χ2v) is 4.70. The highest BCUT2D eigenvalue weighted by Gasteiger charge is 2.43. The van der Waals surface area contributed by atoms with E-state index in [1.54, 1.807) is 0 Å². The Labute approximate surface area is 124 Å². The maximum atomic E-state index is 12.5. The second kappa shape index (κ2) is 6.50. The molecule has 0 heterocycles. The topological polar surface area (TPSA) is 46.2 Å². The van der Waals surface area contributed by atoms with Crippen molar-refractivity contribution in [2.75, 3.05) is 0 Å². The summed E-state index contributed by atoms with van der Waals surface area (Å²) in [6, 6.07) is 0.175. The molecule has 1 aromatic carbocycles. The van der Waals surface area contributed by atoms with Crippen LogP contribution in [-0.2, 0) is 6.18 Å². The van der Waals surface area contributed by atoms with Crippen LogP contribution in [0.4, 0.5) is 26.3 Å². The minimum atomic E-state index is -5.01. The molecule has 0 aliphatic rings. The number of benzene rings is 1. The van der Waals surface area contributed by atoms with Crippen molar-refractivity contribution in [3.05, 3.63) is 33.8 Å². The van der Waals surface area contributed by atoms with Gasteiger partial charge < -0.3 is 10.8 Å². The van der Waals surface area contributed by atoms with Crippen LogP contribution in [0.2, 0.25) is 0 Å². The van der Waals surface area contributed by atoms with Crippen molar-refractivity contribution in [1.82, 2.24) is 0 Å². The van der Waals surface area contributed by atoms with Gasteiger partial charge in [0, 0.05) is 4.47 Å². The predicted octanol–water partition coefficient (Wildman–Crippen LogP) is 3.81. The van der Waals surface area contributed by atoms with Crippen molar-refractivity contribution in [2.24, 2.45) is 5.73 Å². The van der Waals surface area contributed by atoms with Crippen LogP contribution in [0.1, 0.15) is 17.2 Å². The van der Waals surface area contributed by atoms with Gasteiger partial charge in [-0.15, -0.1) is 12.4 Å². The molecular weight excluding hydrogens is 379 g/mol. The summed E-state index contributed by atoms with van der Waals surface area (Å²) in [5.41, 5.74) is 3.53. The van der Waals surface area contributed by atoms with Crippen LogP contribution < -0.4 is 5.73 Å². The summed E-state index contributed by atoms with van der Waals surface area (Å²) in [5, 5.41) is 8.95. The summed E-state index contributed by atoms with van der Waals surface area (Å²) in [4.78, 5) is 0. The van der Waals surface area contributed by atoms with Gasteiger partial charge >= 0.3 is 12.4 Å². The van der Waals surface area contributed by atoms with E-state index in [9.17, 15) is 26.3 Å². The molecule has 0 unspecified atom stereocenters. The van der Waals surface area contributed by atoms with Crippen LogP contribution in [-0.4, -0.2) is 17.4 Å². The third kappa shape index (κ3) is 4.80. The quantitative estimate of drug-likeness (QED) is 0.757. The Balaban J connectivity index is 0.00000361. The van der Waals surface area contributed by atoms with Crippen LogP contribution in [0, 0.1) is 0 Å². The van der Waals surface area contributed by atoms with Crippen molar-refractivity contribution in [1.29, 1.82) is 0 Å². The maximum absolute atomic E-state index is 12.5. The third-order valence-corrected chi connectivity index (χ3v) is 2.77. The summed E-state index contributed by atoms with van der Waals surface area (Å²) in [5.74, 6) is 0. The molecule has 3 N–H and O–H groups in total. The number of rotatable bonds is 2. The van der Waals surface area contributed by atoms with Gasteiger partial charge in [-0.1, -0.05) is 15.9 Å². The molecule has 0 radical (unpaired) electrons. The van der Waals surface area contributed by atoms with Gasteiger partial charge in [0.15, 0.2) is 6.10 Å². The SMILES string of the molecule is Cl.N[C@@H](c1cc(Br)cc(C(F)(F)F)c1)[C@H](O)C(F)(F)F. The molecule has 0 saturated heterocycles. The second-order valence-electron chi connectivity index (χ2n) is 3.78. The van der Waals surface area contributed by atoms with Crippen molar-refractivity contribution in [2.45, 2.75) is 24.5 Å². The molecule has 0 aliphatic heterocycles. The lowest BCUT2D eigenvalue weighted by Gasteiger charge is -2.22. The fraction of sp³-hybridized carbons (Fsp3) is 0.400. The van der Waals surface area contributed by atoms with Gasteiger partial charge in [-0.25, -0.2) is 0 Å². The van der Waals surface area contributed by atoms with E-state index in [2.05, 4.69) is 15.9 Å². The van der Waals surface area contributed by atoms with E-state index in [1.165, 1.54) is 0 Å². The molecule has 0 saturated carbocycles. The van der Waals surface area contributed by atoms with Crippen molar-refractivity contribution in [3.8, 4) is 0 Å². The molecule has 1 aromatic rings. The molecule has 0 amide bonds. The molecule has 10 heteroatoms. The number of hydrogen-bond acceptors (Lipinski definition) is 2. The molecule has 2 nitrogen and oxygen atoms in total. The number of alkyl halides is 6. The zero-order chi connectivity index (χ0) is 15.0. The first-order valence-corrected chi connectivity index (χ1v) is 5.60. The summed E-state index contributed by atoms with van der Waals surface area (Å²) in [7, 11) is 0. The molecule has 0 aliphatic carbocycles. The van der Waals surface area contributed by atoms with E-state index in [0.29, 0.717) is 12.1 Å². The highest BCUT2D eigenvalue weighted by Crippen LogP contribution is 2.35. The fourth-order valence-electron chi connectivity index (χ4n) is 1.35. The summed E-state index contributed by atoms with van der Waals surface area (Å²) in [6.45, 7) is 0. The standard InChI is InChI=1S/C10H8BrF6NO.ClH/c11-6-2-4(1-5(3-6)9(12,13)14)7(18)8(19)10(15,16)17;/h1-3,7-8,19H,18H2;1H/t7-,8-;/m0./s1. The van der Waals surface area contributed by atoms with Gasteiger partial charge in [-0.3, -0.25) is 0 Å². The van der Waals surface area contributed by atoms with Gasteiger partial charge in [0.2, 0.25) is 0 Å². The fourth-order valence-corrected chi connectivity index (χ4v) is 1.87. The lowest BCUT2D eigenvalue weighted by Crippen LogP contribution is -2.38. The minimum absolute atomic E-state index is 0. The zero-order valence-electron chi connectivity index (χ0n) is 9.47. The Kier molecular flexibility index (Phi) is 6.34. The minimum Gasteiger partial charge on any atom is -0.382 e. The largest absolute Gasteiger partial charge is 0.416 e. The molecule has 2 atom stereocenters. The number of aliphatic hydroxyl groups is 1. The Morgan fingerprint density at radius 2 is 1.55 bits per heavy atom. The van der Waals surface area contributed by atoms with E-state index < -0.39 is 35.6 Å². The van der Waals surface area contributed by atoms with Crippen LogP contribution in [0.15, 0.2) is 22.7 Å². The summed E-state index contributed by atoms with van der Waals surface area (Å²) in [6.07, 6.45) is -12.7. The lowest BCUT2D eigenvalue weighted by molar-refractivity contribution is -0.210. The number of aliphatic hydroxyl groups excluding tert-OH is 1. The van der Waals surface area contributed by atoms with Crippen LogP contribution in [0.3, 0.4) is 0 Å². The highest BCUT2D eigenvalue weighted by atomic mass is 79.9. The van der Waals surface area contributed by atoms with Gasteiger partial charge in [0.1, 0.15) is 0 Å². The number of halogens is 8. The Morgan fingerprint density at radius 3 is 1.95 bits per heavy atom. The Morgan fingerprint density at radius 1 is 1.05 bits per heavy atom. The van der Waals surface area contributed by atoms with Crippen molar-refractivity contribution in [3.63, 3.8) is 0 Å². The summed E-state index contributed by atoms with van der Waals surface area (Å²) < 4.78 is 74.2. The Hall–Kier alpha value is -0.510. The maximum Gasteiger partial charge on any atom is 0.416 e. The van der Waals surface area contributed by atoms with E-state index >= 15 is 0 Å². The van der Waals surface area contributed by atoms with E-state index in [0.717, 1.165) is 6.07 Å². The predicted molar refractivity (Wildman–Crippen MR) is 65.4 cm³/mol. The van der Waals surface area contributed by atoms with Crippen molar-refractivity contribution >= 4 is 28.3 Å². The third-order valence-electron chi connectivity index (χ3n) is 2.31. The summed E-state index contributed by atoms with van der Waals surface area (Å²) >= 11 is 2.75. The molecule has 0 aromatic heterocycles. The molecule has 0 bridgehead atoms. The lowest BCUT2D eigenvalue weighted by atomic mass is 9.99. The smallest absolute Gasteiger partial charge is 0.382 e. The monoisotopic (exact) mass is 387 g/mol. The van der Waals surface area contributed by atoms with E-state index in [1.807, 2.05) is 0 Å². The molecule has 116 valence electrons. The number of nitrogens with two attached hydrogens (primary N) is 1.